The molecule has 1 N–H and O–H groups in total. The fourth-order valence-corrected chi connectivity index (χ4v) is 3.70. The third-order valence-corrected chi connectivity index (χ3v) is 5.55. The van der Waals surface area contributed by atoms with Gasteiger partial charge < -0.3 is 9.88 Å². The van der Waals surface area contributed by atoms with Crippen molar-refractivity contribution in [2.24, 2.45) is 0 Å². The molecule has 27 heavy (non-hydrogen) atoms. The first kappa shape index (κ1) is 18.1. The number of anilines is 1. The molecule has 1 aliphatic carbocycles. The summed E-state index contributed by atoms with van der Waals surface area (Å²) in [6.07, 6.45) is 2.32. The Kier molecular flexibility index (Phi) is 5.45. The first-order chi connectivity index (χ1) is 13.2. The van der Waals surface area contributed by atoms with E-state index < -0.39 is 0 Å². The van der Waals surface area contributed by atoms with Crippen molar-refractivity contribution in [2.75, 3.05) is 11.1 Å². The highest BCUT2D eigenvalue weighted by atomic mass is 35.5. The zero-order valence-electron chi connectivity index (χ0n) is 14.6. The van der Waals surface area contributed by atoms with E-state index in [2.05, 4.69) is 32.2 Å². The van der Waals surface area contributed by atoms with Crippen molar-refractivity contribution in [1.82, 2.24) is 14.8 Å². The second-order valence-corrected chi connectivity index (χ2v) is 7.91. The van der Waals surface area contributed by atoms with E-state index in [1.54, 1.807) is 24.3 Å². The molecular weight excluding hydrogens is 380 g/mol. The molecule has 7 heteroatoms. The largest absolute Gasteiger partial charge is 0.325 e. The number of amides is 1. The normalized spacial score (nSPS) is 13.5. The molecule has 0 saturated heterocycles. The Morgan fingerprint density at radius 2 is 1.85 bits per heavy atom. The molecule has 0 radical (unpaired) electrons. The molecule has 1 aliphatic rings. The van der Waals surface area contributed by atoms with Gasteiger partial charge in [-0.15, -0.1) is 10.2 Å². The van der Waals surface area contributed by atoms with Crippen LogP contribution in [-0.2, 0) is 11.3 Å². The van der Waals surface area contributed by atoms with E-state index in [0.717, 1.165) is 36.1 Å². The number of carbonyl (C=O) groups excluding carboxylic acids is 1. The summed E-state index contributed by atoms with van der Waals surface area (Å²) >= 11 is 7.29. The Labute approximate surface area is 167 Å². The van der Waals surface area contributed by atoms with Crippen molar-refractivity contribution >= 4 is 35.0 Å². The zero-order chi connectivity index (χ0) is 18.6. The Hall–Kier alpha value is -2.31. The number of nitrogens with zero attached hydrogens (tertiary/aromatic N) is 3. The SMILES string of the molecule is O=C(CSc1nnc(C2CC2)n1Cc1ccccc1)Nc1ccc(Cl)cc1. The lowest BCUT2D eigenvalue weighted by Gasteiger charge is -2.10. The molecule has 0 aliphatic heterocycles. The van der Waals surface area contributed by atoms with Crippen molar-refractivity contribution in [3.63, 3.8) is 0 Å². The van der Waals surface area contributed by atoms with Gasteiger partial charge >= 0.3 is 0 Å². The van der Waals surface area contributed by atoms with Gasteiger partial charge in [-0.2, -0.15) is 0 Å². The molecule has 0 spiro atoms. The highest BCUT2D eigenvalue weighted by Crippen LogP contribution is 2.40. The number of rotatable bonds is 7. The standard InChI is InChI=1S/C20H19ClN4OS/c21-16-8-10-17(11-9-16)22-18(26)13-27-20-24-23-19(15-6-7-15)25(20)12-14-4-2-1-3-5-14/h1-5,8-11,15H,6-7,12-13H2,(H,22,26). The first-order valence-electron chi connectivity index (χ1n) is 8.84. The molecule has 138 valence electrons. The number of aromatic nitrogens is 3. The molecule has 1 amide bonds. The maximum absolute atomic E-state index is 12.3. The van der Waals surface area contributed by atoms with E-state index >= 15 is 0 Å². The first-order valence-corrected chi connectivity index (χ1v) is 10.2. The van der Waals surface area contributed by atoms with Crippen LogP contribution in [0.4, 0.5) is 5.69 Å². The maximum Gasteiger partial charge on any atom is 0.234 e. The highest BCUT2D eigenvalue weighted by molar-refractivity contribution is 7.99. The summed E-state index contributed by atoms with van der Waals surface area (Å²) in [4.78, 5) is 12.3. The van der Waals surface area contributed by atoms with Crippen LogP contribution in [0.25, 0.3) is 0 Å². The average Bonchev–Trinajstić information content (AvgIpc) is 3.45. The van der Waals surface area contributed by atoms with Crippen molar-refractivity contribution in [3.05, 3.63) is 71.0 Å². The summed E-state index contributed by atoms with van der Waals surface area (Å²) in [5, 5.41) is 13.0. The number of hydrogen-bond donors (Lipinski definition) is 1. The van der Waals surface area contributed by atoms with E-state index in [1.807, 2.05) is 18.2 Å². The van der Waals surface area contributed by atoms with Crippen LogP contribution in [0, 0.1) is 0 Å². The summed E-state index contributed by atoms with van der Waals surface area (Å²) in [5.74, 6) is 1.72. The lowest BCUT2D eigenvalue weighted by Crippen LogP contribution is -2.15. The topological polar surface area (TPSA) is 59.8 Å². The number of carbonyl (C=O) groups is 1. The van der Waals surface area contributed by atoms with Crippen molar-refractivity contribution in [1.29, 1.82) is 0 Å². The number of thioether (sulfide) groups is 1. The third kappa shape index (κ3) is 4.70. The van der Waals surface area contributed by atoms with Crippen LogP contribution in [0.2, 0.25) is 5.02 Å². The lowest BCUT2D eigenvalue weighted by molar-refractivity contribution is -0.113. The summed E-state index contributed by atoms with van der Waals surface area (Å²) in [7, 11) is 0. The summed E-state index contributed by atoms with van der Waals surface area (Å²) in [6.45, 7) is 0.723. The molecular formula is C20H19ClN4OS. The van der Waals surface area contributed by atoms with Crippen LogP contribution in [0.5, 0.6) is 0 Å². The van der Waals surface area contributed by atoms with Crippen molar-refractivity contribution in [2.45, 2.75) is 30.5 Å². The summed E-state index contributed by atoms with van der Waals surface area (Å²) < 4.78 is 2.15. The molecule has 1 saturated carbocycles. The second-order valence-electron chi connectivity index (χ2n) is 6.53. The molecule has 0 atom stereocenters. The minimum absolute atomic E-state index is 0.0791. The average molecular weight is 399 g/mol. The van der Waals surface area contributed by atoms with Crippen LogP contribution in [-0.4, -0.2) is 26.4 Å². The van der Waals surface area contributed by atoms with E-state index in [0.29, 0.717) is 10.9 Å². The highest BCUT2D eigenvalue weighted by Gasteiger charge is 2.30. The Bertz CT molecular complexity index is 923. The molecule has 1 fully saturated rings. The maximum atomic E-state index is 12.3. The van der Waals surface area contributed by atoms with Gasteiger partial charge in [0.1, 0.15) is 5.82 Å². The van der Waals surface area contributed by atoms with Gasteiger partial charge in [0.2, 0.25) is 5.91 Å². The van der Waals surface area contributed by atoms with Gasteiger partial charge in [-0.1, -0.05) is 53.7 Å². The molecule has 2 aromatic carbocycles. The van der Waals surface area contributed by atoms with E-state index in [1.165, 1.54) is 17.3 Å². The number of benzene rings is 2. The van der Waals surface area contributed by atoms with Crippen LogP contribution in [0.1, 0.15) is 30.1 Å². The third-order valence-electron chi connectivity index (χ3n) is 4.33. The molecule has 1 aromatic heterocycles. The van der Waals surface area contributed by atoms with Crippen LogP contribution >= 0.6 is 23.4 Å². The minimum Gasteiger partial charge on any atom is -0.325 e. The molecule has 5 nitrogen and oxygen atoms in total. The number of nitrogens with one attached hydrogen (secondary N) is 1. The van der Waals surface area contributed by atoms with Crippen molar-refractivity contribution < 1.29 is 4.79 Å². The van der Waals surface area contributed by atoms with E-state index in [-0.39, 0.29) is 11.7 Å². The molecule has 4 rings (SSSR count). The Morgan fingerprint density at radius 1 is 1.11 bits per heavy atom. The van der Waals surface area contributed by atoms with Gasteiger partial charge in [-0.3, -0.25) is 4.79 Å². The lowest BCUT2D eigenvalue weighted by atomic mass is 10.2. The summed E-state index contributed by atoms with van der Waals surface area (Å²) in [6, 6.07) is 17.3. The van der Waals surface area contributed by atoms with Crippen LogP contribution in [0.15, 0.2) is 59.8 Å². The summed E-state index contributed by atoms with van der Waals surface area (Å²) in [5.41, 5.74) is 1.93. The van der Waals surface area contributed by atoms with E-state index in [4.69, 9.17) is 11.6 Å². The molecule has 3 aromatic rings. The van der Waals surface area contributed by atoms with Gasteiger partial charge in [0.25, 0.3) is 0 Å². The predicted octanol–water partition coefficient (Wildman–Crippen LogP) is 4.59. The zero-order valence-corrected chi connectivity index (χ0v) is 16.2. The van der Waals surface area contributed by atoms with Gasteiger partial charge in [0.15, 0.2) is 5.16 Å². The van der Waals surface area contributed by atoms with Crippen LogP contribution in [0.3, 0.4) is 0 Å². The Balaban J connectivity index is 1.43. The quantitative estimate of drug-likeness (QED) is 0.591. The van der Waals surface area contributed by atoms with Gasteiger partial charge in [-0.05, 0) is 42.7 Å². The van der Waals surface area contributed by atoms with Gasteiger partial charge in [0, 0.05) is 16.6 Å². The van der Waals surface area contributed by atoms with Gasteiger partial charge in [-0.25, -0.2) is 0 Å². The second kappa shape index (κ2) is 8.15. The molecule has 1 heterocycles. The smallest absolute Gasteiger partial charge is 0.234 e. The Morgan fingerprint density at radius 3 is 2.56 bits per heavy atom. The number of halogens is 1. The molecule has 0 bridgehead atoms. The van der Waals surface area contributed by atoms with Crippen LogP contribution < -0.4 is 5.32 Å². The monoisotopic (exact) mass is 398 g/mol. The predicted molar refractivity (Wildman–Crippen MR) is 108 cm³/mol. The van der Waals surface area contributed by atoms with Crippen molar-refractivity contribution in [3.8, 4) is 0 Å². The molecule has 0 unspecified atom stereocenters. The fourth-order valence-electron chi connectivity index (χ4n) is 2.83. The minimum atomic E-state index is -0.0791. The van der Waals surface area contributed by atoms with Gasteiger partial charge in [0.05, 0.1) is 12.3 Å². The number of hydrogen-bond acceptors (Lipinski definition) is 4. The fraction of sp³-hybridized carbons (Fsp3) is 0.250. The van der Waals surface area contributed by atoms with E-state index in [9.17, 15) is 4.79 Å².